The number of nitrogens with zero attached hydrogens (tertiary/aromatic N) is 4. The molecule has 23 heavy (non-hydrogen) atoms. The normalized spacial score (nSPS) is 11.7. The van der Waals surface area contributed by atoms with Gasteiger partial charge in [0.2, 0.25) is 0 Å². The molecule has 0 spiro atoms. The van der Waals surface area contributed by atoms with Crippen molar-refractivity contribution >= 4 is 11.4 Å². The Labute approximate surface area is 138 Å². The largest absolute Gasteiger partial charge is 0.507 e. The molecule has 0 aliphatic carbocycles. The van der Waals surface area contributed by atoms with Gasteiger partial charge >= 0.3 is 0 Å². The maximum atomic E-state index is 10.3. The number of hydrogen-bond acceptors (Lipinski definition) is 4. The zero-order chi connectivity index (χ0) is 16.7. The highest BCUT2D eigenvalue weighted by Crippen LogP contribution is 2.25. The highest BCUT2D eigenvalue weighted by Gasteiger charge is 2.08. The van der Waals surface area contributed by atoms with Gasteiger partial charge in [-0.05, 0) is 39.3 Å². The lowest BCUT2D eigenvalue weighted by Crippen LogP contribution is -2.21. The Morgan fingerprint density at radius 3 is 2.70 bits per heavy atom. The van der Waals surface area contributed by atoms with E-state index in [9.17, 15) is 5.11 Å². The molecule has 0 aliphatic rings. The summed E-state index contributed by atoms with van der Waals surface area (Å²) < 4.78 is 2.04. The average Bonchev–Trinajstić information content (AvgIpc) is 3.06. The summed E-state index contributed by atoms with van der Waals surface area (Å²) >= 11 is 0. The minimum absolute atomic E-state index is 0.297. The summed E-state index contributed by atoms with van der Waals surface area (Å²) in [7, 11) is 0. The van der Waals surface area contributed by atoms with E-state index in [1.165, 1.54) is 0 Å². The van der Waals surface area contributed by atoms with Gasteiger partial charge in [-0.3, -0.25) is 4.99 Å². The van der Waals surface area contributed by atoms with Crippen LogP contribution in [0.2, 0.25) is 0 Å². The van der Waals surface area contributed by atoms with Crippen molar-refractivity contribution in [2.24, 2.45) is 4.99 Å². The number of benzene rings is 1. The van der Waals surface area contributed by atoms with Crippen molar-refractivity contribution in [3.8, 4) is 5.75 Å². The Kier molecular flexibility index (Phi) is 6.20. The van der Waals surface area contributed by atoms with Crippen LogP contribution >= 0.6 is 0 Å². The number of rotatable bonds is 8. The zero-order valence-electron chi connectivity index (χ0n) is 14.2. The lowest BCUT2D eigenvalue weighted by atomic mass is 10.1. The SMILES string of the molecule is CCN(CC)c1ccc(C(C)=NCCCn2ccnc2)c(O)c1. The summed E-state index contributed by atoms with van der Waals surface area (Å²) in [6, 6.07) is 5.83. The molecule has 0 radical (unpaired) electrons. The van der Waals surface area contributed by atoms with Crippen molar-refractivity contribution in [1.82, 2.24) is 9.55 Å². The van der Waals surface area contributed by atoms with E-state index in [1.54, 1.807) is 6.20 Å². The Balaban J connectivity index is 1.98. The van der Waals surface area contributed by atoms with Crippen LogP contribution in [0.15, 0.2) is 41.9 Å². The van der Waals surface area contributed by atoms with Crippen LogP contribution < -0.4 is 4.90 Å². The van der Waals surface area contributed by atoms with Crippen LogP contribution in [-0.2, 0) is 6.54 Å². The number of anilines is 1. The molecule has 1 N–H and O–H groups in total. The molecule has 0 fully saturated rings. The number of imidazole rings is 1. The summed E-state index contributed by atoms with van der Waals surface area (Å²) in [4.78, 5) is 10.8. The van der Waals surface area contributed by atoms with Gasteiger partial charge in [0, 0.05) is 61.6 Å². The number of phenolic OH excluding ortho intramolecular Hbond substituents is 1. The van der Waals surface area contributed by atoms with Gasteiger partial charge in [0.05, 0.1) is 6.33 Å². The van der Waals surface area contributed by atoms with Crippen LogP contribution in [0.25, 0.3) is 0 Å². The molecule has 2 rings (SSSR count). The van der Waals surface area contributed by atoms with E-state index in [0.29, 0.717) is 5.75 Å². The van der Waals surface area contributed by atoms with Gasteiger partial charge in [-0.15, -0.1) is 0 Å². The molecule has 124 valence electrons. The second-order valence-corrected chi connectivity index (χ2v) is 5.49. The molecular weight excluding hydrogens is 288 g/mol. The second kappa shape index (κ2) is 8.36. The minimum atomic E-state index is 0.297. The van der Waals surface area contributed by atoms with Crippen molar-refractivity contribution in [1.29, 1.82) is 0 Å². The summed E-state index contributed by atoms with van der Waals surface area (Å²) in [6.45, 7) is 9.67. The van der Waals surface area contributed by atoms with Crippen molar-refractivity contribution in [3.05, 3.63) is 42.5 Å². The van der Waals surface area contributed by atoms with Crippen LogP contribution in [0.4, 0.5) is 5.69 Å². The quantitative estimate of drug-likeness (QED) is 0.600. The van der Waals surface area contributed by atoms with Gasteiger partial charge in [-0.2, -0.15) is 0 Å². The van der Waals surface area contributed by atoms with Crippen molar-refractivity contribution in [2.75, 3.05) is 24.5 Å². The average molecular weight is 314 g/mol. The first kappa shape index (κ1) is 17.1. The lowest BCUT2D eigenvalue weighted by Gasteiger charge is -2.21. The van der Waals surface area contributed by atoms with Crippen LogP contribution in [0.5, 0.6) is 5.75 Å². The van der Waals surface area contributed by atoms with E-state index in [4.69, 9.17) is 0 Å². The Hall–Kier alpha value is -2.30. The fourth-order valence-electron chi connectivity index (χ4n) is 2.62. The molecule has 1 aromatic carbocycles. The molecule has 2 aromatic rings. The van der Waals surface area contributed by atoms with Crippen LogP contribution in [0.3, 0.4) is 0 Å². The molecule has 5 nitrogen and oxygen atoms in total. The molecule has 0 unspecified atom stereocenters. The number of aliphatic imine (C=N–C) groups is 1. The first-order valence-corrected chi connectivity index (χ1v) is 8.20. The van der Waals surface area contributed by atoms with E-state index >= 15 is 0 Å². The molecule has 1 aromatic heterocycles. The fraction of sp³-hybridized carbons (Fsp3) is 0.444. The second-order valence-electron chi connectivity index (χ2n) is 5.49. The first-order valence-electron chi connectivity index (χ1n) is 8.20. The molecular formula is C18H26N4O. The molecule has 0 atom stereocenters. The first-order chi connectivity index (χ1) is 11.2. The fourth-order valence-corrected chi connectivity index (χ4v) is 2.62. The third-order valence-electron chi connectivity index (χ3n) is 3.98. The Bertz CT molecular complexity index is 630. The molecule has 1 heterocycles. The van der Waals surface area contributed by atoms with E-state index < -0.39 is 0 Å². The Morgan fingerprint density at radius 1 is 1.30 bits per heavy atom. The molecule has 0 saturated heterocycles. The maximum Gasteiger partial charge on any atom is 0.126 e. The number of phenols is 1. The summed E-state index contributed by atoms with van der Waals surface area (Å²) in [5.74, 6) is 0.297. The number of aromatic nitrogens is 2. The van der Waals surface area contributed by atoms with Crippen molar-refractivity contribution in [3.63, 3.8) is 0 Å². The van der Waals surface area contributed by atoms with E-state index in [0.717, 1.165) is 49.6 Å². The minimum Gasteiger partial charge on any atom is -0.507 e. The molecule has 0 aliphatic heterocycles. The van der Waals surface area contributed by atoms with Crippen LogP contribution in [0, 0.1) is 0 Å². The van der Waals surface area contributed by atoms with Gasteiger partial charge in [0.1, 0.15) is 5.75 Å². The summed E-state index contributed by atoms with van der Waals surface area (Å²) in [5, 5.41) is 10.3. The van der Waals surface area contributed by atoms with Gasteiger partial charge in [0.25, 0.3) is 0 Å². The Morgan fingerprint density at radius 2 is 2.09 bits per heavy atom. The van der Waals surface area contributed by atoms with Gasteiger partial charge < -0.3 is 14.6 Å². The summed E-state index contributed by atoms with van der Waals surface area (Å²) in [5.41, 5.74) is 2.73. The highest BCUT2D eigenvalue weighted by atomic mass is 16.3. The number of hydrogen-bond donors (Lipinski definition) is 1. The monoisotopic (exact) mass is 314 g/mol. The summed E-state index contributed by atoms with van der Waals surface area (Å²) in [6.07, 6.45) is 6.50. The van der Waals surface area contributed by atoms with E-state index in [2.05, 4.69) is 28.7 Å². The number of aryl methyl sites for hydroxylation is 1. The zero-order valence-corrected chi connectivity index (χ0v) is 14.2. The van der Waals surface area contributed by atoms with Crippen molar-refractivity contribution in [2.45, 2.75) is 33.7 Å². The van der Waals surface area contributed by atoms with Crippen LogP contribution in [0.1, 0.15) is 32.8 Å². The van der Waals surface area contributed by atoms with Crippen LogP contribution in [-0.4, -0.2) is 40.0 Å². The topological polar surface area (TPSA) is 53.7 Å². The standard InChI is InChI=1S/C18H26N4O/c1-4-22(5-2)16-7-8-17(18(23)13-16)15(3)20-9-6-11-21-12-10-19-14-21/h7-8,10,12-14,23H,4-6,9,11H2,1-3H3. The smallest absolute Gasteiger partial charge is 0.126 e. The van der Waals surface area contributed by atoms with Gasteiger partial charge in [-0.1, -0.05) is 0 Å². The molecule has 0 bridgehead atoms. The van der Waals surface area contributed by atoms with Crippen molar-refractivity contribution < 1.29 is 5.11 Å². The molecule has 0 saturated carbocycles. The molecule has 5 heteroatoms. The molecule has 0 amide bonds. The van der Waals surface area contributed by atoms with Gasteiger partial charge in [-0.25, -0.2) is 4.98 Å². The predicted molar refractivity (Wildman–Crippen MR) is 95.6 cm³/mol. The third kappa shape index (κ3) is 4.58. The predicted octanol–water partition coefficient (Wildman–Crippen LogP) is 3.33. The van der Waals surface area contributed by atoms with Gasteiger partial charge in [0.15, 0.2) is 0 Å². The maximum absolute atomic E-state index is 10.3. The van der Waals surface area contributed by atoms with E-state index in [1.807, 2.05) is 42.2 Å². The highest BCUT2D eigenvalue weighted by molar-refractivity contribution is 6.01. The number of aromatic hydroxyl groups is 1. The third-order valence-corrected chi connectivity index (χ3v) is 3.98. The van der Waals surface area contributed by atoms with E-state index in [-0.39, 0.29) is 0 Å². The lowest BCUT2D eigenvalue weighted by molar-refractivity contribution is 0.474.